The quantitative estimate of drug-likeness (QED) is 0.433. The standard InChI is InChI=1S/C22H20FN3O.ClH/c23-19-4-1-3-17(12-19)18-11-16(14-25-15-18)13-24-9-10-27-22-6-2-5-21-20(22)7-8-26-21;/h1-8,11-12,14-15,24,26H,9-10,13H2;1H. The van der Waals surface area contributed by atoms with Crippen molar-refractivity contribution in [3.63, 3.8) is 0 Å². The van der Waals surface area contributed by atoms with Gasteiger partial charge >= 0.3 is 0 Å². The van der Waals surface area contributed by atoms with Crippen molar-refractivity contribution < 1.29 is 9.13 Å². The van der Waals surface area contributed by atoms with E-state index < -0.39 is 0 Å². The van der Waals surface area contributed by atoms with Crippen molar-refractivity contribution in [3.05, 3.63) is 84.6 Å². The van der Waals surface area contributed by atoms with Gasteiger partial charge in [-0.15, -0.1) is 12.4 Å². The van der Waals surface area contributed by atoms with Crippen LogP contribution in [0, 0.1) is 5.82 Å². The van der Waals surface area contributed by atoms with Gasteiger partial charge in [0.1, 0.15) is 18.2 Å². The first kappa shape index (κ1) is 19.9. The first-order valence-electron chi connectivity index (χ1n) is 8.89. The van der Waals surface area contributed by atoms with Gasteiger partial charge in [-0.2, -0.15) is 0 Å². The second kappa shape index (κ2) is 9.35. The molecule has 0 amide bonds. The van der Waals surface area contributed by atoms with Crippen LogP contribution in [0.4, 0.5) is 4.39 Å². The fourth-order valence-electron chi connectivity index (χ4n) is 3.06. The van der Waals surface area contributed by atoms with Crippen molar-refractivity contribution >= 4 is 23.3 Å². The number of hydrogen-bond donors (Lipinski definition) is 2. The maximum absolute atomic E-state index is 13.4. The Bertz CT molecular complexity index is 1050. The molecule has 0 unspecified atom stereocenters. The predicted molar refractivity (Wildman–Crippen MR) is 112 cm³/mol. The number of halogens is 2. The van der Waals surface area contributed by atoms with E-state index in [-0.39, 0.29) is 18.2 Å². The molecule has 0 aliphatic rings. The van der Waals surface area contributed by atoms with E-state index in [2.05, 4.69) is 15.3 Å². The van der Waals surface area contributed by atoms with E-state index in [1.165, 1.54) is 12.1 Å². The SMILES string of the molecule is Cl.Fc1cccc(-c2cncc(CNCCOc3cccc4[nH]ccc34)c2)c1. The van der Waals surface area contributed by atoms with Gasteiger partial charge in [0.15, 0.2) is 0 Å². The Morgan fingerprint density at radius 2 is 1.89 bits per heavy atom. The molecule has 0 aliphatic carbocycles. The highest BCUT2D eigenvalue weighted by atomic mass is 35.5. The minimum atomic E-state index is -0.245. The Balaban J connectivity index is 0.00000225. The molecule has 4 aromatic rings. The number of fused-ring (bicyclic) bond motifs is 1. The molecular weight excluding hydrogens is 377 g/mol. The Morgan fingerprint density at radius 3 is 2.79 bits per heavy atom. The van der Waals surface area contributed by atoms with Crippen LogP contribution in [0.3, 0.4) is 0 Å². The molecule has 2 N–H and O–H groups in total. The number of hydrogen-bond acceptors (Lipinski definition) is 3. The number of aromatic amines is 1. The van der Waals surface area contributed by atoms with Crippen LogP contribution in [0.2, 0.25) is 0 Å². The number of ether oxygens (including phenoxy) is 1. The molecular formula is C22H21ClFN3O. The molecule has 0 fully saturated rings. The molecule has 0 aliphatic heterocycles. The molecule has 4 nitrogen and oxygen atoms in total. The molecule has 2 heterocycles. The zero-order chi connectivity index (χ0) is 18.5. The van der Waals surface area contributed by atoms with Crippen molar-refractivity contribution in [3.8, 4) is 16.9 Å². The Kier molecular flexibility index (Phi) is 6.63. The van der Waals surface area contributed by atoms with E-state index in [9.17, 15) is 4.39 Å². The maximum atomic E-state index is 13.4. The number of pyridine rings is 1. The number of H-pyrrole nitrogens is 1. The van der Waals surface area contributed by atoms with Crippen molar-refractivity contribution in [2.45, 2.75) is 6.54 Å². The Hall–Kier alpha value is -2.89. The zero-order valence-electron chi connectivity index (χ0n) is 15.2. The van der Waals surface area contributed by atoms with Crippen LogP contribution in [0.25, 0.3) is 22.0 Å². The molecule has 0 saturated carbocycles. The summed E-state index contributed by atoms with van der Waals surface area (Å²) in [5, 5.41) is 4.44. The molecule has 144 valence electrons. The third-order valence-electron chi connectivity index (χ3n) is 4.37. The molecule has 2 aromatic heterocycles. The van der Waals surface area contributed by atoms with Crippen molar-refractivity contribution in [2.75, 3.05) is 13.2 Å². The second-order valence-electron chi connectivity index (χ2n) is 6.31. The summed E-state index contributed by atoms with van der Waals surface area (Å²) in [6.45, 7) is 1.96. The highest BCUT2D eigenvalue weighted by Gasteiger charge is 2.03. The lowest BCUT2D eigenvalue weighted by atomic mass is 10.1. The number of nitrogens with one attached hydrogen (secondary N) is 2. The van der Waals surface area contributed by atoms with Crippen LogP contribution in [0.5, 0.6) is 5.75 Å². The monoisotopic (exact) mass is 397 g/mol. The van der Waals surface area contributed by atoms with Gasteiger partial charge in [0.25, 0.3) is 0 Å². The highest BCUT2D eigenvalue weighted by Crippen LogP contribution is 2.24. The summed E-state index contributed by atoms with van der Waals surface area (Å²) in [6.07, 6.45) is 5.48. The molecule has 0 atom stereocenters. The van der Waals surface area contributed by atoms with E-state index in [1.54, 1.807) is 12.3 Å². The first-order valence-corrected chi connectivity index (χ1v) is 8.89. The molecule has 0 bridgehead atoms. The lowest BCUT2D eigenvalue weighted by Crippen LogP contribution is -2.20. The van der Waals surface area contributed by atoms with Crippen LogP contribution in [-0.4, -0.2) is 23.1 Å². The van der Waals surface area contributed by atoms with Crippen LogP contribution in [-0.2, 0) is 6.54 Å². The third kappa shape index (κ3) is 4.68. The zero-order valence-corrected chi connectivity index (χ0v) is 16.0. The van der Waals surface area contributed by atoms with E-state index in [0.29, 0.717) is 19.7 Å². The van der Waals surface area contributed by atoms with E-state index in [1.807, 2.05) is 48.8 Å². The van der Waals surface area contributed by atoms with Crippen molar-refractivity contribution in [2.24, 2.45) is 0 Å². The first-order chi connectivity index (χ1) is 13.3. The van der Waals surface area contributed by atoms with Gasteiger partial charge in [0.05, 0.1) is 0 Å². The van der Waals surface area contributed by atoms with Gasteiger partial charge in [-0.3, -0.25) is 4.98 Å². The summed E-state index contributed by atoms with van der Waals surface area (Å²) in [7, 11) is 0. The summed E-state index contributed by atoms with van der Waals surface area (Å²) in [5.74, 6) is 0.635. The van der Waals surface area contributed by atoms with Gasteiger partial charge in [-0.05, 0) is 47.5 Å². The predicted octanol–water partition coefficient (Wildman–Crippen LogP) is 4.96. The topological polar surface area (TPSA) is 49.9 Å². The Morgan fingerprint density at radius 1 is 1.00 bits per heavy atom. The van der Waals surface area contributed by atoms with Crippen LogP contribution in [0.15, 0.2) is 73.2 Å². The number of benzene rings is 2. The molecule has 28 heavy (non-hydrogen) atoms. The van der Waals surface area contributed by atoms with Gasteiger partial charge in [0.2, 0.25) is 0 Å². The van der Waals surface area contributed by atoms with Crippen molar-refractivity contribution in [1.29, 1.82) is 0 Å². The summed E-state index contributed by atoms with van der Waals surface area (Å²) in [5.41, 5.74) is 3.85. The minimum absolute atomic E-state index is 0. The fourth-order valence-corrected chi connectivity index (χ4v) is 3.06. The van der Waals surface area contributed by atoms with E-state index in [0.717, 1.165) is 33.3 Å². The molecule has 0 radical (unpaired) electrons. The molecule has 2 aromatic carbocycles. The highest BCUT2D eigenvalue weighted by molar-refractivity contribution is 5.86. The van der Waals surface area contributed by atoms with Crippen molar-refractivity contribution in [1.82, 2.24) is 15.3 Å². The fraction of sp³-hybridized carbons (Fsp3) is 0.136. The lowest BCUT2D eigenvalue weighted by Gasteiger charge is -2.09. The molecule has 6 heteroatoms. The van der Waals surface area contributed by atoms with E-state index >= 15 is 0 Å². The molecule has 0 saturated heterocycles. The smallest absolute Gasteiger partial charge is 0.128 e. The van der Waals surface area contributed by atoms with Gasteiger partial charge in [0, 0.05) is 48.1 Å². The average Bonchev–Trinajstić information content (AvgIpc) is 3.18. The third-order valence-corrected chi connectivity index (χ3v) is 4.37. The van der Waals surface area contributed by atoms with Gasteiger partial charge < -0.3 is 15.0 Å². The number of aromatic nitrogens is 2. The molecule has 4 rings (SSSR count). The lowest BCUT2D eigenvalue weighted by molar-refractivity contribution is 0.317. The average molecular weight is 398 g/mol. The maximum Gasteiger partial charge on any atom is 0.128 e. The van der Waals surface area contributed by atoms with Gasteiger partial charge in [-0.1, -0.05) is 18.2 Å². The Labute approximate surface area is 169 Å². The summed E-state index contributed by atoms with van der Waals surface area (Å²) in [6, 6.07) is 16.6. The second-order valence-corrected chi connectivity index (χ2v) is 6.31. The van der Waals surface area contributed by atoms with E-state index in [4.69, 9.17) is 4.74 Å². The van der Waals surface area contributed by atoms with Gasteiger partial charge in [-0.25, -0.2) is 4.39 Å². The van der Waals surface area contributed by atoms with Crippen LogP contribution in [0.1, 0.15) is 5.56 Å². The minimum Gasteiger partial charge on any atom is -0.492 e. The summed E-state index contributed by atoms with van der Waals surface area (Å²) in [4.78, 5) is 7.45. The van der Waals surface area contributed by atoms with Crippen LogP contribution < -0.4 is 10.1 Å². The largest absolute Gasteiger partial charge is 0.492 e. The molecule has 0 spiro atoms. The number of nitrogens with zero attached hydrogens (tertiary/aromatic N) is 1. The normalized spacial score (nSPS) is 10.6. The number of rotatable bonds is 7. The summed E-state index contributed by atoms with van der Waals surface area (Å²) < 4.78 is 19.3. The summed E-state index contributed by atoms with van der Waals surface area (Å²) >= 11 is 0. The van der Waals surface area contributed by atoms with Crippen LogP contribution >= 0.6 is 12.4 Å².